The minimum absolute atomic E-state index is 0.0822. The lowest BCUT2D eigenvalue weighted by atomic mass is 9.88. The topological polar surface area (TPSA) is 17.8 Å². The van der Waals surface area contributed by atoms with Crippen molar-refractivity contribution in [2.45, 2.75) is 24.8 Å². The highest BCUT2D eigenvalue weighted by Gasteiger charge is 2.46. The maximum Gasteiger partial charge on any atom is 0.252 e. The zero-order valence-electron chi connectivity index (χ0n) is 6.17. The molecule has 0 saturated heterocycles. The van der Waals surface area contributed by atoms with Crippen molar-refractivity contribution < 1.29 is 8.78 Å². The van der Waals surface area contributed by atoms with Crippen LogP contribution < -0.4 is 0 Å². The quantitative estimate of drug-likeness (QED) is 0.734. The first-order valence-electron chi connectivity index (χ1n) is 3.64. The fourth-order valence-corrected chi connectivity index (χ4v) is 1.63. The van der Waals surface area contributed by atoms with Crippen LogP contribution in [0.25, 0.3) is 0 Å². The molecule has 1 aromatic heterocycles. The number of aromatic nitrogens is 2. The molecule has 0 aromatic carbocycles. The van der Waals surface area contributed by atoms with Gasteiger partial charge in [0.15, 0.2) is 0 Å². The Morgan fingerprint density at radius 2 is 2.25 bits per heavy atom. The summed E-state index contributed by atoms with van der Waals surface area (Å²) in [7, 11) is 0. The van der Waals surface area contributed by atoms with Crippen molar-refractivity contribution in [3.05, 3.63) is 16.9 Å². The third kappa shape index (κ3) is 1.37. The van der Waals surface area contributed by atoms with Gasteiger partial charge in [0.2, 0.25) is 0 Å². The molecule has 2 rings (SSSR count). The monoisotopic (exact) mass is 236 g/mol. The first-order chi connectivity index (χ1) is 5.57. The average Bonchev–Trinajstić information content (AvgIpc) is 2.30. The Kier molecular flexibility index (Phi) is 1.71. The van der Waals surface area contributed by atoms with Crippen LogP contribution in [0.3, 0.4) is 0 Å². The van der Waals surface area contributed by atoms with Crippen molar-refractivity contribution in [3.63, 3.8) is 0 Å². The second kappa shape index (κ2) is 2.52. The van der Waals surface area contributed by atoms with Crippen molar-refractivity contribution in [2.75, 3.05) is 0 Å². The van der Waals surface area contributed by atoms with E-state index in [1.807, 2.05) is 0 Å². The molecule has 1 aliphatic carbocycles. The number of halogens is 3. The Bertz CT molecular complexity index is 289. The molecular weight excluding hydrogens is 230 g/mol. The highest BCUT2D eigenvalue weighted by Crippen LogP contribution is 2.45. The van der Waals surface area contributed by atoms with E-state index in [0.29, 0.717) is 0 Å². The molecule has 0 spiro atoms. The van der Waals surface area contributed by atoms with Crippen molar-refractivity contribution in [2.24, 2.45) is 0 Å². The number of nitrogens with zero attached hydrogens (tertiary/aromatic N) is 2. The van der Waals surface area contributed by atoms with E-state index in [1.165, 1.54) is 0 Å². The van der Waals surface area contributed by atoms with Crippen molar-refractivity contribution >= 4 is 15.9 Å². The molecule has 0 N–H and O–H groups in total. The van der Waals surface area contributed by atoms with E-state index in [9.17, 15) is 8.78 Å². The summed E-state index contributed by atoms with van der Waals surface area (Å²) in [5, 5.41) is 3.94. The van der Waals surface area contributed by atoms with Gasteiger partial charge in [0, 0.05) is 19.0 Å². The zero-order valence-corrected chi connectivity index (χ0v) is 7.76. The first-order valence-corrected chi connectivity index (χ1v) is 4.44. The van der Waals surface area contributed by atoms with Gasteiger partial charge in [-0.25, -0.2) is 8.78 Å². The fourth-order valence-electron chi connectivity index (χ4n) is 1.33. The van der Waals surface area contributed by atoms with E-state index in [2.05, 4.69) is 21.0 Å². The summed E-state index contributed by atoms with van der Waals surface area (Å²) in [6.45, 7) is 0. The summed E-state index contributed by atoms with van der Waals surface area (Å²) in [5.74, 6) is -2.47. The minimum Gasteiger partial charge on any atom is -0.268 e. The standard InChI is InChI=1S/C7H7BrF2N2/c8-5-3-11-12(4-5)6-1-7(9,10)2-6/h3-4,6H,1-2H2. The number of hydrogen-bond acceptors (Lipinski definition) is 1. The van der Waals surface area contributed by atoms with Gasteiger partial charge >= 0.3 is 0 Å². The highest BCUT2D eigenvalue weighted by molar-refractivity contribution is 9.10. The molecule has 0 bridgehead atoms. The molecule has 0 atom stereocenters. The van der Waals surface area contributed by atoms with Crippen molar-refractivity contribution in [1.29, 1.82) is 0 Å². The van der Waals surface area contributed by atoms with Gasteiger partial charge < -0.3 is 0 Å². The van der Waals surface area contributed by atoms with Crippen LogP contribution in [0.15, 0.2) is 16.9 Å². The van der Waals surface area contributed by atoms with Gasteiger partial charge in [-0.05, 0) is 15.9 Å². The van der Waals surface area contributed by atoms with Crippen LogP contribution in [0, 0.1) is 0 Å². The van der Waals surface area contributed by atoms with Crippen molar-refractivity contribution in [3.8, 4) is 0 Å². The molecule has 5 heteroatoms. The van der Waals surface area contributed by atoms with E-state index in [0.717, 1.165) is 4.47 Å². The Labute approximate surface area is 76.7 Å². The lowest BCUT2D eigenvalue weighted by Crippen LogP contribution is -2.37. The SMILES string of the molecule is FC1(F)CC(n2cc(Br)cn2)C1. The second-order valence-electron chi connectivity index (χ2n) is 3.06. The highest BCUT2D eigenvalue weighted by atomic mass is 79.9. The summed E-state index contributed by atoms with van der Waals surface area (Å²) < 4.78 is 27.3. The van der Waals surface area contributed by atoms with Crippen LogP contribution in [0.1, 0.15) is 18.9 Å². The van der Waals surface area contributed by atoms with Gasteiger partial charge in [0.05, 0.1) is 16.7 Å². The normalized spacial score (nSPS) is 22.2. The van der Waals surface area contributed by atoms with Gasteiger partial charge in [-0.15, -0.1) is 0 Å². The molecule has 66 valence electrons. The first kappa shape index (κ1) is 8.16. The Morgan fingerprint density at radius 3 is 2.67 bits per heavy atom. The summed E-state index contributed by atoms with van der Waals surface area (Å²) >= 11 is 3.21. The number of hydrogen-bond donors (Lipinski definition) is 0. The third-order valence-electron chi connectivity index (χ3n) is 2.01. The molecule has 0 radical (unpaired) electrons. The Hall–Kier alpha value is -0.450. The lowest BCUT2D eigenvalue weighted by molar-refractivity contribution is -0.106. The number of alkyl halides is 2. The van der Waals surface area contributed by atoms with Gasteiger partial charge in [-0.2, -0.15) is 5.10 Å². The van der Waals surface area contributed by atoms with Crippen LogP contribution in [-0.2, 0) is 0 Å². The summed E-state index contributed by atoms with van der Waals surface area (Å²) in [5.41, 5.74) is 0. The van der Waals surface area contributed by atoms with E-state index >= 15 is 0 Å². The van der Waals surface area contributed by atoms with E-state index in [1.54, 1.807) is 17.1 Å². The van der Waals surface area contributed by atoms with Gasteiger partial charge in [0.1, 0.15) is 0 Å². The smallest absolute Gasteiger partial charge is 0.252 e. The third-order valence-corrected chi connectivity index (χ3v) is 2.42. The van der Waals surface area contributed by atoms with E-state index in [-0.39, 0.29) is 18.9 Å². The number of rotatable bonds is 1. The predicted molar refractivity (Wildman–Crippen MR) is 43.1 cm³/mol. The Morgan fingerprint density at radius 1 is 1.58 bits per heavy atom. The predicted octanol–water partition coefficient (Wildman–Crippen LogP) is 2.62. The summed E-state index contributed by atoms with van der Waals surface area (Å²) in [6, 6.07) is -0.119. The van der Waals surface area contributed by atoms with Crippen molar-refractivity contribution in [1.82, 2.24) is 9.78 Å². The van der Waals surface area contributed by atoms with Crippen LogP contribution in [-0.4, -0.2) is 15.7 Å². The maximum absolute atomic E-state index is 12.4. The molecule has 0 unspecified atom stereocenters. The fraction of sp³-hybridized carbons (Fsp3) is 0.571. The molecule has 0 aliphatic heterocycles. The molecule has 1 saturated carbocycles. The van der Waals surface area contributed by atoms with Crippen LogP contribution in [0.2, 0.25) is 0 Å². The molecule has 1 heterocycles. The molecule has 12 heavy (non-hydrogen) atoms. The molecule has 0 amide bonds. The Balaban J connectivity index is 2.06. The largest absolute Gasteiger partial charge is 0.268 e. The maximum atomic E-state index is 12.4. The lowest BCUT2D eigenvalue weighted by Gasteiger charge is -2.34. The zero-order chi connectivity index (χ0) is 8.77. The second-order valence-corrected chi connectivity index (χ2v) is 3.97. The molecule has 1 aromatic rings. The van der Waals surface area contributed by atoms with E-state index < -0.39 is 5.92 Å². The average molecular weight is 237 g/mol. The molecule has 1 aliphatic rings. The van der Waals surface area contributed by atoms with Crippen LogP contribution in [0.4, 0.5) is 8.78 Å². The van der Waals surface area contributed by atoms with Gasteiger partial charge in [-0.1, -0.05) is 0 Å². The molecule has 1 fully saturated rings. The van der Waals surface area contributed by atoms with Gasteiger partial charge in [0.25, 0.3) is 5.92 Å². The van der Waals surface area contributed by atoms with E-state index in [4.69, 9.17) is 0 Å². The molecule has 2 nitrogen and oxygen atoms in total. The summed E-state index contributed by atoms with van der Waals surface area (Å²) in [6.07, 6.45) is 3.17. The minimum atomic E-state index is -2.47. The van der Waals surface area contributed by atoms with Crippen LogP contribution in [0.5, 0.6) is 0 Å². The van der Waals surface area contributed by atoms with Gasteiger partial charge in [-0.3, -0.25) is 4.68 Å². The van der Waals surface area contributed by atoms with Crippen LogP contribution >= 0.6 is 15.9 Å². The molecular formula is C7H7BrF2N2. The summed E-state index contributed by atoms with van der Waals surface area (Å²) in [4.78, 5) is 0.